The molecule has 0 radical (unpaired) electrons. The molecule has 0 saturated carbocycles. The highest BCUT2D eigenvalue weighted by atomic mass is 79.9. The Kier molecular flexibility index (Phi) is 9.04. The standard InChI is InChI=1S/C27H32BrN3O6S/c1-3-29(4-2)13-14-31-24(19-5-9-21(28)10-6-19)23(26(33)27(31)34)25(32)20-7-11-22(12-8-20)38(35,36)30-15-17-37-18-16-30/h5-12,24,32H,3-4,13-18H2,1-2H3/t24-/m1/s1. The van der Waals surface area contributed by atoms with Crippen molar-refractivity contribution in [1.82, 2.24) is 14.1 Å². The van der Waals surface area contributed by atoms with Gasteiger partial charge in [0.1, 0.15) is 5.76 Å². The molecule has 2 aliphatic heterocycles. The predicted octanol–water partition coefficient (Wildman–Crippen LogP) is 3.23. The molecular formula is C27H32BrN3O6S. The molecule has 0 bridgehead atoms. The van der Waals surface area contributed by atoms with Gasteiger partial charge in [0.05, 0.1) is 29.7 Å². The molecule has 9 nitrogen and oxygen atoms in total. The van der Waals surface area contributed by atoms with E-state index in [4.69, 9.17) is 4.74 Å². The number of rotatable bonds is 9. The Morgan fingerprint density at radius 1 is 1.03 bits per heavy atom. The summed E-state index contributed by atoms with van der Waals surface area (Å²) in [6.07, 6.45) is 0. The van der Waals surface area contributed by atoms with Gasteiger partial charge in [-0.15, -0.1) is 0 Å². The number of ether oxygens (including phenoxy) is 1. The molecule has 0 spiro atoms. The fourth-order valence-electron chi connectivity index (χ4n) is 4.77. The first-order valence-electron chi connectivity index (χ1n) is 12.6. The Bertz CT molecular complexity index is 1300. The van der Waals surface area contributed by atoms with Crippen LogP contribution in [0, 0.1) is 0 Å². The van der Waals surface area contributed by atoms with E-state index in [-0.39, 0.29) is 34.9 Å². The van der Waals surface area contributed by atoms with Gasteiger partial charge in [-0.05, 0) is 55.1 Å². The molecule has 0 aromatic heterocycles. The predicted molar refractivity (Wildman–Crippen MR) is 147 cm³/mol. The van der Waals surface area contributed by atoms with Crippen molar-refractivity contribution in [3.05, 3.63) is 69.7 Å². The van der Waals surface area contributed by atoms with E-state index in [1.807, 2.05) is 38.1 Å². The minimum absolute atomic E-state index is 0.0133. The molecule has 38 heavy (non-hydrogen) atoms. The minimum Gasteiger partial charge on any atom is -0.507 e. The van der Waals surface area contributed by atoms with Crippen LogP contribution < -0.4 is 0 Å². The number of benzene rings is 2. The third-order valence-electron chi connectivity index (χ3n) is 7.01. The van der Waals surface area contributed by atoms with Crippen molar-refractivity contribution >= 4 is 43.4 Å². The number of hydrogen-bond donors (Lipinski definition) is 1. The van der Waals surface area contributed by atoms with Gasteiger partial charge in [0.25, 0.3) is 11.7 Å². The summed E-state index contributed by atoms with van der Waals surface area (Å²) in [5, 5.41) is 11.3. The van der Waals surface area contributed by atoms with Gasteiger partial charge in [-0.3, -0.25) is 9.59 Å². The van der Waals surface area contributed by atoms with Crippen LogP contribution in [0.15, 0.2) is 63.5 Å². The van der Waals surface area contributed by atoms with Crippen LogP contribution in [0.3, 0.4) is 0 Å². The highest BCUT2D eigenvalue weighted by Gasteiger charge is 2.46. The lowest BCUT2D eigenvalue weighted by Gasteiger charge is -2.28. The summed E-state index contributed by atoms with van der Waals surface area (Å²) in [7, 11) is -3.71. The summed E-state index contributed by atoms with van der Waals surface area (Å²) in [5.74, 6) is -1.77. The second kappa shape index (κ2) is 12.1. The van der Waals surface area contributed by atoms with Crippen molar-refractivity contribution < 1.29 is 27.9 Å². The molecule has 1 N–H and O–H groups in total. The third kappa shape index (κ3) is 5.72. The normalized spacial score (nSPS) is 20.4. The molecular weight excluding hydrogens is 574 g/mol. The summed E-state index contributed by atoms with van der Waals surface area (Å²) in [6.45, 7) is 7.81. The number of amides is 1. The maximum atomic E-state index is 13.3. The SMILES string of the molecule is CCN(CC)CCN1C(=O)C(=O)C(=C(O)c2ccc(S(=O)(=O)N3CCOCC3)cc2)[C@H]1c1ccc(Br)cc1. The van der Waals surface area contributed by atoms with Crippen LogP contribution in [0.25, 0.3) is 5.76 Å². The van der Waals surface area contributed by atoms with Crippen molar-refractivity contribution in [3.63, 3.8) is 0 Å². The van der Waals surface area contributed by atoms with E-state index in [0.29, 0.717) is 31.9 Å². The lowest BCUT2D eigenvalue weighted by atomic mass is 9.95. The second-order valence-electron chi connectivity index (χ2n) is 9.11. The number of nitrogens with zero attached hydrogens (tertiary/aromatic N) is 3. The van der Waals surface area contributed by atoms with E-state index in [1.165, 1.54) is 33.5 Å². The fourth-order valence-corrected chi connectivity index (χ4v) is 6.44. The molecule has 2 saturated heterocycles. The number of carbonyl (C=O) groups excluding carboxylic acids is 2. The van der Waals surface area contributed by atoms with Gasteiger partial charge in [-0.2, -0.15) is 4.31 Å². The number of carbonyl (C=O) groups is 2. The molecule has 2 aromatic rings. The van der Waals surface area contributed by atoms with Crippen LogP contribution in [0.2, 0.25) is 0 Å². The number of likely N-dealkylation sites (tertiary alicyclic amines) is 1. The van der Waals surface area contributed by atoms with E-state index >= 15 is 0 Å². The van der Waals surface area contributed by atoms with Crippen LogP contribution >= 0.6 is 15.9 Å². The first kappa shape index (κ1) is 28.4. The molecule has 4 rings (SSSR count). The summed E-state index contributed by atoms with van der Waals surface area (Å²) >= 11 is 3.42. The minimum atomic E-state index is -3.71. The van der Waals surface area contributed by atoms with Gasteiger partial charge in [-0.1, -0.05) is 41.9 Å². The van der Waals surface area contributed by atoms with Crippen LogP contribution in [-0.2, 0) is 24.3 Å². The number of aliphatic hydroxyl groups is 1. The van der Waals surface area contributed by atoms with E-state index in [9.17, 15) is 23.1 Å². The van der Waals surface area contributed by atoms with Crippen molar-refractivity contribution in [2.45, 2.75) is 24.8 Å². The number of hydrogen-bond acceptors (Lipinski definition) is 7. The number of likely N-dealkylation sites (N-methyl/N-ethyl adjacent to an activating group) is 1. The molecule has 0 unspecified atom stereocenters. The van der Waals surface area contributed by atoms with Crippen molar-refractivity contribution in [2.24, 2.45) is 0 Å². The van der Waals surface area contributed by atoms with Crippen LogP contribution in [0.1, 0.15) is 31.0 Å². The van der Waals surface area contributed by atoms with E-state index in [0.717, 1.165) is 17.6 Å². The second-order valence-corrected chi connectivity index (χ2v) is 12.0. The number of sulfonamides is 1. The first-order valence-corrected chi connectivity index (χ1v) is 14.9. The van der Waals surface area contributed by atoms with E-state index < -0.39 is 27.8 Å². The maximum absolute atomic E-state index is 13.3. The molecule has 1 atom stereocenters. The Morgan fingerprint density at radius 2 is 1.63 bits per heavy atom. The average molecular weight is 607 g/mol. The highest BCUT2D eigenvalue weighted by molar-refractivity contribution is 9.10. The fraction of sp³-hybridized carbons (Fsp3) is 0.407. The quantitative estimate of drug-likeness (QED) is 0.266. The topological polar surface area (TPSA) is 107 Å². The zero-order chi connectivity index (χ0) is 27.4. The third-order valence-corrected chi connectivity index (χ3v) is 9.45. The van der Waals surface area contributed by atoms with Crippen molar-refractivity contribution in [2.75, 3.05) is 52.5 Å². The molecule has 1 amide bonds. The lowest BCUT2D eigenvalue weighted by Crippen LogP contribution is -2.40. The highest BCUT2D eigenvalue weighted by Crippen LogP contribution is 2.39. The van der Waals surface area contributed by atoms with Gasteiger partial charge >= 0.3 is 0 Å². The number of halogens is 1. The summed E-state index contributed by atoms with van der Waals surface area (Å²) in [6, 6.07) is 12.3. The molecule has 2 heterocycles. The first-order chi connectivity index (χ1) is 18.2. The molecule has 2 aromatic carbocycles. The Morgan fingerprint density at radius 3 is 2.21 bits per heavy atom. The molecule has 2 fully saturated rings. The molecule has 204 valence electrons. The van der Waals surface area contributed by atoms with Crippen molar-refractivity contribution in [1.29, 1.82) is 0 Å². The summed E-state index contributed by atoms with van der Waals surface area (Å²) in [4.78, 5) is 30.2. The van der Waals surface area contributed by atoms with Gasteiger partial charge in [0.15, 0.2) is 0 Å². The van der Waals surface area contributed by atoms with Gasteiger partial charge < -0.3 is 19.6 Å². The number of morpholine rings is 1. The van der Waals surface area contributed by atoms with E-state index in [1.54, 1.807) is 0 Å². The number of aliphatic hydroxyl groups excluding tert-OH is 1. The van der Waals surface area contributed by atoms with Crippen LogP contribution in [0.5, 0.6) is 0 Å². The molecule has 0 aliphatic carbocycles. The monoisotopic (exact) mass is 605 g/mol. The Hall–Kier alpha value is -2.57. The summed E-state index contributed by atoms with van der Waals surface area (Å²) < 4.78 is 33.4. The van der Waals surface area contributed by atoms with Crippen LogP contribution in [0.4, 0.5) is 0 Å². The van der Waals surface area contributed by atoms with E-state index in [2.05, 4.69) is 20.8 Å². The number of Topliss-reactive ketones (excluding diaryl/α,β-unsaturated/α-hetero) is 1. The smallest absolute Gasteiger partial charge is 0.295 e. The average Bonchev–Trinajstić information content (AvgIpc) is 3.19. The zero-order valence-corrected chi connectivity index (χ0v) is 23.9. The summed E-state index contributed by atoms with van der Waals surface area (Å²) in [5.41, 5.74) is 0.940. The molecule has 2 aliphatic rings. The van der Waals surface area contributed by atoms with Crippen LogP contribution in [-0.4, -0.2) is 91.8 Å². The van der Waals surface area contributed by atoms with Gasteiger partial charge in [0, 0.05) is 36.2 Å². The van der Waals surface area contributed by atoms with Crippen molar-refractivity contribution in [3.8, 4) is 0 Å². The zero-order valence-electron chi connectivity index (χ0n) is 21.5. The lowest BCUT2D eigenvalue weighted by molar-refractivity contribution is -0.140. The number of ketones is 1. The van der Waals surface area contributed by atoms with Gasteiger partial charge in [-0.25, -0.2) is 8.42 Å². The largest absolute Gasteiger partial charge is 0.507 e. The maximum Gasteiger partial charge on any atom is 0.295 e. The molecule has 11 heteroatoms. The van der Waals surface area contributed by atoms with Gasteiger partial charge in [0.2, 0.25) is 10.0 Å². The Balaban J connectivity index is 1.71. The Labute approximate surface area is 231 Å².